The van der Waals surface area contributed by atoms with Crippen molar-refractivity contribution < 1.29 is 14.3 Å². The van der Waals surface area contributed by atoms with Crippen molar-refractivity contribution in [3.8, 4) is 5.75 Å². The molecule has 0 aliphatic carbocycles. The molecule has 0 saturated carbocycles. The van der Waals surface area contributed by atoms with Crippen LogP contribution in [0.2, 0.25) is 5.02 Å². The molecule has 0 fully saturated rings. The van der Waals surface area contributed by atoms with Crippen LogP contribution >= 0.6 is 11.6 Å². The van der Waals surface area contributed by atoms with Gasteiger partial charge < -0.3 is 14.8 Å². The second kappa shape index (κ2) is 7.11. The first-order valence-electron chi connectivity index (χ1n) is 5.73. The van der Waals surface area contributed by atoms with Crippen LogP contribution in [0.1, 0.15) is 18.4 Å². The fraction of sp³-hybridized carbons (Fsp3) is 0.462. The number of hydrogen-bond acceptors (Lipinski definition) is 4. The maximum Gasteiger partial charge on any atom is 0.305 e. The standard InChI is InChI=1S/C13H18ClNO3/c1-9-7-11(12(17-2)8-10(9)14)15-6-4-5-13(16)18-3/h7-8,15H,4-6H2,1-3H3. The molecule has 1 rings (SSSR count). The SMILES string of the molecule is COC(=O)CCCNc1cc(C)c(Cl)cc1OC. The third-order valence-electron chi connectivity index (χ3n) is 2.58. The first-order chi connectivity index (χ1) is 8.58. The lowest BCUT2D eigenvalue weighted by atomic mass is 10.2. The summed E-state index contributed by atoms with van der Waals surface area (Å²) < 4.78 is 9.82. The highest BCUT2D eigenvalue weighted by molar-refractivity contribution is 6.31. The van der Waals surface area contributed by atoms with E-state index in [1.807, 2.05) is 13.0 Å². The molecule has 4 nitrogen and oxygen atoms in total. The molecule has 0 unspecified atom stereocenters. The molecule has 0 aliphatic heterocycles. The number of carbonyl (C=O) groups excluding carboxylic acids is 1. The fourth-order valence-corrected chi connectivity index (χ4v) is 1.68. The summed E-state index contributed by atoms with van der Waals surface area (Å²) in [6.07, 6.45) is 1.11. The highest BCUT2D eigenvalue weighted by Crippen LogP contribution is 2.30. The van der Waals surface area contributed by atoms with Gasteiger partial charge in [-0.3, -0.25) is 4.79 Å². The van der Waals surface area contributed by atoms with Gasteiger partial charge in [0.2, 0.25) is 0 Å². The van der Waals surface area contributed by atoms with Gasteiger partial charge in [-0.25, -0.2) is 0 Å². The molecule has 1 aromatic carbocycles. The predicted octanol–water partition coefficient (Wildman–Crippen LogP) is 3.02. The minimum absolute atomic E-state index is 0.198. The Morgan fingerprint density at radius 2 is 2.11 bits per heavy atom. The molecule has 0 heterocycles. The highest BCUT2D eigenvalue weighted by Gasteiger charge is 2.07. The van der Waals surface area contributed by atoms with Crippen molar-refractivity contribution in [1.29, 1.82) is 0 Å². The first kappa shape index (κ1) is 14.6. The molecule has 0 aromatic heterocycles. The molecule has 0 aliphatic rings. The number of methoxy groups -OCH3 is 2. The molecule has 5 heteroatoms. The van der Waals surface area contributed by atoms with Crippen LogP contribution < -0.4 is 10.1 Å². The zero-order valence-corrected chi connectivity index (χ0v) is 11.6. The average molecular weight is 272 g/mol. The lowest BCUT2D eigenvalue weighted by Gasteiger charge is -2.12. The van der Waals surface area contributed by atoms with Crippen molar-refractivity contribution in [1.82, 2.24) is 0 Å². The number of anilines is 1. The number of halogens is 1. The Labute approximate surface area is 112 Å². The molecular weight excluding hydrogens is 254 g/mol. The molecule has 0 radical (unpaired) electrons. The van der Waals surface area contributed by atoms with Crippen molar-refractivity contribution >= 4 is 23.3 Å². The number of benzene rings is 1. The molecule has 18 heavy (non-hydrogen) atoms. The smallest absolute Gasteiger partial charge is 0.305 e. The van der Waals surface area contributed by atoms with Gasteiger partial charge in [0.15, 0.2) is 0 Å². The van der Waals surface area contributed by atoms with Crippen LogP contribution in [-0.2, 0) is 9.53 Å². The molecule has 100 valence electrons. The van der Waals surface area contributed by atoms with Crippen LogP contribution in [-0.4, -0.2) is 26.7 Å². The summed E-state index contributed by atoms with van der Waals surface area (Å²) in [6, 6.07) is 3.71. The first-order valence-corrected chi connectivity index (χ1v) is 6.11. The lowest BCUT2D eigenvalue weighted by molar-refractivity contribution is -0.140. The predicted molar refractivity (Wildman–Crippen MR) is 72.5 cm³/mol. The van der Waals surface area contributed by atoms with Crippen LogP contribution in [0.5, 0.6) is 5.75 Å². The van der Waals surface area contributed by atoms with Gasteiger partial charge in [-0.05, 0) is 25.0 Å². The number of rotatable bonds is 6. The van der Waals surface area contributed by atoms with Gasteiger partial charge in [-0.1, -0.05) is 11.6 Å². The normalized spacial score (nSPS) is 10.0. The number of aryl methyl sites for hydroxylation is 1. The quantitative estimate of drug-likeness (QED) is 0.638. The molecular formula is C13H18ClNO3. The molecule has 1 aromatic rings. The second-order valence-electron chi connectivity index (χ2n) is 3.91. The summed E-state index contributed by atoms with van der Waals surface area (Å²) in [5.41, 5.74) is 1.86. The van der Waals surface area contributed by atoms with E-state index < -0.39 is 0 Å². The van der Waals surface area contributed by atoms with E-state index in [4.69, 9.17) is 16.3 Å². The van der Waals surface area contributed by atoms with Crippen LogP contribution in [0.4, 0.5) is 5.69 Å². The largest absolute Gasteiger partial charge is 0.495 e. The minimum atomic E-state index is -0.198. The second-order valence-corrected chi connectivity index (χ2v) is 4.32. The lowest BCUT2D eigenvalue weighted by Crippen LogP contribution is -2.07. The van der Waals surface area contributed by atoms with Gasteiger partial charge in [0.25, 0.3) is 0 Å². The number of ether oxygens (including phenoxy) is 2. The van der Waals surface area contributed by atoms with Gasteiger partial charge in [0, 0.05) is 24.1 Å². The molecule has 0 saturated heterocycles. The maximum absolute atomic E-state index is 11.0. The minimum Gasteiger partial charge on any atom is -0.495 e. The van der Waals surface area contributed by atoms with Gasteiger partial charge in [0.05, 0.1) is 19.9 Å². The Morgan fingerprint density at radius 3 is 2.72 bits per heavy atom. The van der Waals surface area contributed by atoms with Gasteiger partial charge in [-0.15, -0.1) is 0 Å². The van der Waals surface area contributed by atoms with Crippen LogP contribution in [0.3, 0.4) is 0 Å². The molecule has 0 bridgehead atoms. The topological polar surface area (TPSA) is 47.6 Å². The summed E-state index contributed by atoms with van der Waals surface area (Å²) in [7, 11) is 2.99. The third-order valence-corrected chi connectivity index (χ3v) is 2.99. The monoisotopic (exact) mass is 271 g/mol. The summed E-state index contributed by atoms with van der Waals surface area (Å²) in [5.74, 6) is 0.500. The van der Waals surface area contributed by atoms with E-state index in [2.05, 4.69) is 10.1 Å². The molecule has 1 N–H and O–H groups in total. The summed E-state index contributed by atoms with van der Waals surface area (Å²) in [6.45, 7) is 2.61. The number of carbonyl (C=O) groups is 1. The maximum atomic E-state index is 11.0. The van der Waals surface area contributed by atoms with Gasteiger partial charge in [0.1, 0.15) is 5.75 Å². The highest BCUT2D eigenvalue weighted by atomic mass is 35.5. The Balaban J connectivity index is 2.56. The van der Waals surface area contributed by atoms with Crippen molar-refractivity contribution in [2.24, 2.45) is 0 Å². The van der Waals surface area contributed by atoms with Crippen molar-refractivity contribution in [2.45, 2.75) is 19.8 Å². The van der Waals surface area contributed by atoms with Crippen molar-refractivity contribution in [3.63, 3.8) is 0 Å². The molecule has 0 spiro atoms. The Bertz CT molecular complexity index is 421. The number of hydrogen-bond donors (Lipinski definition) is 1. The zero-order valence-electron chi connectivity index (χ0n) is 10.9. The third kappa shape index (κ3) is 4.11. The van der Waals surface area contributed by atoms with Crippen molar-refractivity contribution in [3.05, 3.63) is 22.7 Å². The van der Waals surface area contributed by atoms with Gasteiger partial charge >= 0.3 is 5.97 Å². The average Bonchev–Trinajstić information content (AvgIpc) is 2.37. The molecule has 0 atom stereocenters. The molecule has 0 amide bonds. The number of esters is 1. The Morgan fingerprint density at radius 1 is 1.39 bits per heavy atom. The van der Waals surface area contributed by atoms with E-state index in [9.17, 15) is 4.79 Å². The van der Waals surface area contributed by atoms with Crippen LogP contribution in [0, 0.1) is 6.92 Å². The van der Waals surface area contributed by atoms with Gasteiger partial charge in [-0.2, -0.15) is 0 Å². The van der Waals surface area contributed by atoms with E-state index in [1.54, 1.807) is 13.2 Å². The van der Waals surface area contributed by atoms with E-state index in [-0.39, 0.29) is 5.97 Å². The Hall–Kier alpha value is -1.42. The zero-order chi connectivity index (χ0) is 13.5. The van der Waals surface area contributed by atoms with E-state index in [0.717, 1.165) is 11.3 Å². The van der Waals surface area contributed by atoms with Crippen LogP contribution in [0.15, 0.2) is 12.1 Å². The number of nitrogens with one attached hydrogen (secondary N) is 1. The fourth-order valence-electron chi connectivity index (χ4n) is 1.53. The van der Waals surface area contributed by atoms with E-state index in [1.165, 1.54) is 7.11 Å². The van der Waals surface area contributed by atoms with E-state index >= 15 is 0 Å². The van der Waals surface area contributed by atoms with Crippen LogP contribution in [0.25, 0.3) is 0 Å². The van der Waals surface area contributed by atoms with E-state index in [0.29, 0.717) is 30.2 Å². The van der Waals surface area contributed by atoms with Crippen molar-refractivity contribution in [2.75, 3.05) is 26.1 Å². The Kier molecular flexibility index (Phi) is 5.78. The summed E-state index contributed by atoms with van der Waals surface area (Å²) in [4.78, 5) is 11.0. The summed E-state index contributed by atoms with van der Waals surface area (Å²) >= 11 is 6.02. The summed E-state index contributed by atoms with van der Waals surface area (Å²) in [5, 5.41) is 3.89.